The van der Waals surface area contributed by atoms with Crippen LogP contribution in [0.25, 0.3) is 38.5 Å². The van der Waals surface area contributed by atoms with Gasteiger partial charge in [-0.2, -0.15) is 0 Å². The van der Waals surface area contributed by atoms with Crippen LogP contribution in [0.4, 0.5) is 0 Å². The van der Waals surface area contributed by atoms with Crippen molar-refractivity contribution in [1.29, 1.82) is 0 Å². The summed E-state index contributed by atoms with van der Waals surface area (Å²) in [4.78, 5) is 13.9. The Labute approximate surface area is 192 Å². The maximum absolute atomic E-state index is 13.9. The topological polar surface area (TPSA) is 22.0 Å². The third-order valence-electron chi connectivity index (χ3n) is 6.06. The van der Waals surface area contributed by atoms with Crippen LogP contribution >= 0.6 is 11.6 Å². The summed E-state index contributed by atoms with van der Waals surface area (Å²) in [6.07, 6.45) is 2.77. The van der Waals surface area contributed by atoms with E-state index in [1.54, 1.807) is 0 Å². The molecule has 0 amide bonds. The van der Waals surface area contributed by atoms with E-state index in [4.69, 9.17) is 11.6 Å². The summed E-state index contributed by atoms with van der Waals surface area (Å²) in [6, 6.07) is 32.7. The number of aryl methyl sites for hydroxylation is 1. The number of para-hydroxylation sites is 1. The monoisotopic (exact) mass is 437 g/mol. The molecule has 0 atom stereocenters. The van der Waals surface area contributed by atoms with Crippen LogP contribution in [-0.2, 0) is 6.42 Å². The van der Waals surface area contributed by atoms with Crippen molar-refractivity contribution in [2.24, 2.45) is 0 Å². The van der Waals surface area contributed by atoms with Crippen molar-refractivity contribution in [2.45, 2.75) is 19.3 Å². The molecule has 0 aliphatic carbocycles. The number of benzene rings is 4. The lowest BCUT2D eigenvalue weighted by atomic mass is 9.92. The molecule has 0 aliphatic heterocycles. The molecule has 0 fully saturated rings. The van der Waals surface area contributed by atoms with Crippen LogP contribution < -0.4 is 5.56 Å². The second-order valence-electron chi connectivity index (χ2n) is 8.02. The standard InChI is InChI=1S/C29H24ClNO/c30-20-9-8-17-26-24-16-6-7-18-27(24)29(32)31(22-13-2-1-3-14-22)28(26)25-19-10-12-21-11-4-5-15-23(21)25/h1-7,10-16,18-19H,8-9,17,20H2. The molecule has 5 rings (SSSR count). The highest BCUT2D eigenvalue weighted by Gasteiger charge is 2.20. The number of unbranched alkanes of at least 4 members (excludes halogenated alkanes) is 1. The summed E-state index contributed by atoms with van der Waals surface area (Å²) in [5.74, 6) is 0.639. The van der Waals surface area contributed by atoms with E-state index >= 15 is 0 Å². The number of hydrogen-bond acceptors (Lipinski definition) is 1. The van der Waals surface area contributed by atoms with Crippen molar-refractivity contribution >= 4 is 33.1 Å². The first-order chi connectivity index (χ1) is 15.8. The first kappa shape index (κ1) is 20.5. The zero-order valence-electron chi connectivity index (χ0n) is 17.8. The summed E-state index contributed by atoms with van der Waals surface area (Å²) < 4.78 is 1.90. The molecule has 0 saturated heterocycles. The van der Waals surface area contributed by atoms with E-state index in [1.807, 2.05) is 53.1 Å². The third kappa shape index (κ3) is 3.61. The van der Waals surface area contributed by atoms with Gasteiger partial charge in [-0.05, 0) is 59.2 Å². The molecule has 4 aromatic carbocycles. The highest BCUT2D eigenvalue weighted by Crippen LogP contribution is 2.35. The van der Waals surface area contributed by atoms with Crippen LogP contribution in [0, 0.1) is 0 Å². The second-order valence-corrected chi connectivity index (χ2v) is 8.40. The Bertz CT molecular complexity index is 1450. The quantitative estimate of drug-likeness (QED) is 0.201. The van der Waals surface area contributed by atoms with Crippen LogP contribution in [0.15, 0.2) is 102 Å². The molecule has 5 aromatic rings. The number of aromatic nitrogens is 1. The first-order valence-corrected chi connectivity index (χ1v) is 11.6. The van der Waals surface area contributed by atoms with Gasteiger partial charge in [0.1, 0.15) is 0 Å². The summed E-state index contributed by atoms with van der Waals surface area (Å²) in [7, 11) is 0. The molecule has 1 heterocycles. The molecule has 0 unspecified atom stereocenters. The van der Waals surface area contributed by atoms with Gasteiger partial charge in [0.2, 0.25) is 0 Å². The summed E-state index contributed by atoms with van der Waals surface area (Å²) in [5.41, 5.74) is 4.15. The van der Waals surface area contributed by atoms with E-state index in [-0.39, 0.29) is 5.56 Å². The minimum absolute atomic E-state index is 0.0100. The summed E-state index contributed by atoms with van der Waals surface area (Å²) in [5, 5.41) is 4.09. The highest BCUT2D eigenvalue weighted by atomic mass is 35.5. The molecule has 0 radical (unpaired) electrons. The van der Waals surface area contributed by atoms with Crippen molar-refractivity contribution < 1.29 is 0 Å². The van der Waals surface area contributed by atoms with Gasteiger partial charge in [-0.1, -0.05) is 78.9 Å². The number of hydrogen-bond donors (Lipinski definition) is 0. The lowest BCUT2D eigenvalue weighted by molar-refractivity contribution is 0.797. The number of halogens is 1. The van der Waals surface area contributed by atoms with Crippen LogP contribution in [0.5, 0.6) is 0 Å². The predicted molar refractivity (Wildman–Crippen MR) is 136 cm³/mol. The maximum Gasteiger partial charge on any atom is 0.263 e. The first-order valence-electron chi connectivity index (χ1n) is 11.1. The lowest BCUT2D eigenvalue weighted by Gasteiger charge is -2.21. The predicted octanol–water partition coefficient (Wildman–Crippen LogP) is 7.37. The van der Waals surface area contributed by atoms with E-state index in [2.05, 4.69) is 48.5 Å². The molecular weight excluding hydrogens is 414 g/mol. The number of fused-ring (bicyclic) bond motifs is 2. The molecule has 2 nitrogen and oxygen atoms in total. The number of pyridine rings is 1. The number of nitrogens with zero attached hydrogens (tertiary/aromatic N) is 1. The van der Waals surface area contributed by atoms with E-state index in [0.29, 0.717) is 5.88 Å². The molecule has 0 N–H and O–H groups in total. The van der Waals surface area contributed by atoms with Gasteiger partial charge in [0.15, 0.2) is 0 Å². The molecule has 0 aliphatic rings. The normalized spacial score (nSPS) is 11.3. The van der Waals surface area contributed by atoms with Crippen LogP contribution in [0.2, 0.25) is 0 Å². The zero-order chi connectivity index (χ0) is 21.9. The highest BCUT2D eigenvalue weighted by molar-refractivity contribution is 6.17. The number of rotatable bonds is 6. The molecule has 158 valence electrons. The van der Waals surface area contributed by atoms with Gasteiger partial charge in [0.25, 0.3) is 5.56 Å². The van der Waals surface area contributed by atoms with Gasteiger partial charge >= 0.3 is 0 Å². The van der Waals surface area contributed by atoms with Crippen LogP contribution in [0.1, 0.15) is 18.4 Å². The maximum atomic E-state index is 13.9. The summed E-state index contributed by atoms with van der Waals surface area (Å²) in [6.45, 7) is 0. The van der Waals surface area contributed by atoms with E-state index in [9.17, 15) is 4.79 Å². The van der Waals surface area contributed by atoms with Crippen molar-refractivity contribution in [3.8, 4) is 16.9 Å². The average molecular weight is 438 g/mol. The van der Waals surface area contributed by atoms with Crippen LogP contribution in [0.3, 0.4) is 0 Å². The van der Waals surface area contributed by atoms with Gasteiger partial charge in [-0.15, -0.1) is 11.6 Å². The fourth-order valence-corrected chi connectivity index (χ4v) is 4.79. The minimum Gasteiger partial charge on any atom is -0.276 e. The van der Waals surface area contributed by atoms with Gasteiger partial charge in [-0.25, -0.2) is 0 Å². The smallest absolute Gasteiger partial charge is 0.263 e. The number of alkyl halides is 1. The lowest BCUT2D eigenvalue weighted by Crippen LogP contribution is -2.22. The molecule has 0 saturated carbocycles. The molecule has 1 aromatic heterocycles. The Hall–Kier alpha value is -3.36. The zero-order valence-corrected chi connectivity index (χ0v) is 18.6. The Balaban J connectivity index is 1.95. The van der Waals surface area contributed by atoms with Crippen LogP contribution in [-0.4, -0.2) is 10.4 Å². The Morgan fingerprint density at radius 3 is 2.09 bits per heavy atom. The fourth-order valence-electron chi connectivity index (χ4n) is 4.60. The fraction of sp³-hybridized carbons (Fsp3) is 0.138. The Morgan fingerprint density at radius 1 is 0.656 bits per heavy atom. The molecule has 0 spiro atoms. The van der Waals surface area contributed by atoms with Gasteiger partial charge in [0.05, 0.1) is 5.69 Å². The summed E-state index contributed by atoms with van der Waals surface area (Å²) >= 11 is 6.02. The van der Waals surface area contributed by atoms with Gasteiger partial charge in [-0.3, -0.25) is 9.36 Å². The Morgan fingerprint density at radius 2 is 1.31 bits per heavy atom. The van der Waals surface area contributed by atoms with Crippen molar-refractivity contribution in [3.63, 3.8) is 0 Å². The van der Waals surface area contributed by atoms with Gasteiger partial charge < -0.3 is 0 Å². The van der Waals surface area contributed by atoms with Gasteiger partial charge in [0, 0.05) is 22.5 Å². The van der Waals surface area contributed by atoms with E-state index < -0.39 is 0 Å². The van der Waals surface area contributed by atoms with Crippen molar-refractivity contribution in [3.05, 3.63) is 113 Å². The molecule has 3 heteroatoms. The Kier molecular flexibility index (Phi) is 5.79. The largest absolute Gasteiger partial charge is 0.276 e. The van der Waals surface area contributed by atoms with E-state index in [1.165, 1.54) is 5.56 Å². The molecule has 0 bridgehead atoms. The second kappa shape index (κ2) is 9.02. The minimum atomic E-state index is 0.0100. The molecule has 32 heavy (non-hydrogen) atoms. The third-order valence-corrected chi connectivity index (χ3v) is 6.33. The average Bonchev–Trinajstić information content (AvgIpc) is 2.85. The molecular formula is C29H24ClNO. The SMILES string of the molecule is O=c1c2ccccc2c(CCCCCl)c(-c2cccc3ccccc23)n1-c1ccccc1. The van der Waals surface area contributed by atoms with E-state index in [0.717, 1.165) is 57.8 Å². The van der Waals surface area contributed by atoms with Crippen molar-refractivity contribution in [2.75, 3.05) is 5.88 Å². The van der Waals surface area contributed by atoms with Crippen molar-refractivity contribution in [1.82, 2.24) is 4.57 Å².